The number of para-hydroxylation sites is 1. The lowest BCUT2D eigenvalue weighted by molar-refractivity contribution is -0.384. The molecule has 0 N–H and O–H groups in total. The summed E-state index contributed by atoms with van der Waals surface area (Å²) in [4.78, 5) is 22.4. The van der Waals surface area contributed by atoms with Gasteiger partial charge >= 0.3 is 5.97 Å². The number of nitrogens with zero attached hydrogens (tertiary/aromatic N) is 3. The largest absolute Gasteiger partial charge is 0.465 e. The highest BCUT2D eigenvalue weighted by atomic mass is 35.5. The van der Waals surface area contributed by atoms with Crippen LogP contribution in [0.2, 0.25) is 5.02 Å². The Labute approximate surface area is 131 Å². The molecule has 0 aliphatic rings. The van der Waals surface area contributed by atoms with Gasteiger partial charge in [0.1, 0.15) is 11.6 Å². The SMILES string of the molecule is CCOC(=O)Cn1nc(C)cc1-c1cccc(Cl)c1[N+](=O)[O-]. The number of nitro groups is 1. The topological polar surface area (TPSA) is 87.3 Å². The molecule has 1 aromatic carbocycles. The minimum Gasteiger partial charge on any atom is -0.465 e. The van der Waals surface area contributed by atoms with Crippen molar-refractivity contribution in [3.8, 4) is 11.3 Å². The fourth-order valence-corrected chi connectivity index (χ4v) is 2.36. The number of halogens is 1. The molecule has 2 aromatic rings. The molecule has 2 rings (SSSR count). The number of ether oxygens (including phenoxy) is 1. The van der Waals surface area contributed by atoms with Crippen molar-refractivity contribution in [2.45, 2.75) is 20.4 Å². The van der Waals surface area contributed by atoms with E-state index in [1.165, 1.54) is 10.7 Å². The normalized spacial score (nSPS) is 10.5. The van der Waals surface area contributed by atoms with Gasteiger partial charge in [-0.3, -0.25) is 19.6 Å². The Balaban J connectivity index is 2.52. The Morgan fingerprint density at radius 1 is 1.50 bits per heavy atom. The van der Waals surface area contributed by atoms with Gasteiger partial charge in [-0.2, -0.15) is 5.10 Å². The highest BCUT2D eigenvalue weighted by Gasteiger charge is 2.23. The molecule has 116 valence electrons. The first-order valence-corrected chi connectivity index (χ1v) is 6.95. The number of hydrogen-bond donors (Lipinski definition) is 0. The first kappa shape index (κ1) is 16.0. The molecule has 0 saturated heterocycles. The quantitative estimate of drug-likeness (QED) is 0.479. The van der Waals surface area contributed by atoms with E-state index in [0.717, 1.165) is 0 Å². The minimum absolute atomic E-state index is 0.0315. The summed E-state index contributed by atoms with van der Waals surface area (Å²) in [6, 6.07) is 6.30. The van der Waals surface area contributed by atoms with E-state index in [1.807, 2.05) is 0 Å². The zero-order valence-electron chi connectivity index (χ0n) is 12.1. The van der Waals surface area contributed by atoms with Gasteiger partial charge in [-0.1, -0.05) is 17.7 Å². The van der Waals surface area contributed by atoms with E-state index in [0.29, 0.717) is 17.0 Å². The average molecular weight is 324 g/mol. The lowest BCUT2D eigenvalue weighted by Crippen LogP contribution is -2.15. The molecule has 0 spiro atoms. The van der Waals surface area contributed by atoms with E-state index >= 15 is 0 Å². The van der Waals surface area contributed by atoms with Gasteiger partial charge in [-0.05, 0) is 32.0 Å². The zero-order valence-corrected chi connectivity index (χ0v) is 12.8. The number of benzene rings is 1. The number of aryl methyl sites for hydroxylation is 1. The van der Waals surface area contributed by atoms with Crippen LogP contribution in [0.1, 0.15) is 12.6 Å². The summed E-state index contributed by atoms with van der Waals surface area (Å²) in [5.41, 5.74) is 1.17. The van der Waals surface area contributed by atoms with Gasteiger partial charge in [0.2, 0.25) is 0 Å². The molecule has 0 unspecified atom stereocenters. The first-order valence-electron chi connectivity index (χ1n) is 6.57. The number of esters is 1. The number of nitro benzene ring substituents is 1. The summed E-state index contributed by atoms with van der Waals surface area (Å²) in [6.45, 7) is 3.57. The van der Waals surface area contributed by atoms with Crippen LogP contribution in [0.3, 0.4) is 0 Å². The van der Waals surface area contributed by atoms with Crippen LogP contribution in [0.25, 0.3) is 11.3 Å². The van der Waals surface area contributed by atoms with Crippen molar-refractivity contribution < 1.29 is 14.5 Å². The van der Waals surface area contributed by atoms with Crippen molar-refractivity contribution in [3.05, 3.63) is 45.1 Å². The van der Waals surface area contributed by atoms with Crippen LogP contribution in [-0.2, 0) is 16.1 Å². The van der Waals surface area contributed by atoms with Crippen LogP contribution in [0.15, 0.2) is 24.3 Å². The number of hydrogen-bond acceptors (Lipinski definition) is 5. The molecular formula is C14H14ClN3O4. The van der Waals surface area contributed by atoms with E-state index in [-0.39, 0.29) is 23.9 Å². The van der Waals surface area contributed by atoms with Crippen LogP contribution in [-0.4, -0.2) is 27.3 Å². The molecule has 1 aromatic heterocycles. The lowest BCUT2D eigenvalue weighted by Gasteiger charge is -2.08. The molecule has 7 nitrogen and oxygen atoms in total. The second-order valence-corrected chi connectivity index (χ2v) is 4.93. The molecule has 22 heavy (non-hydrogen) atoms. The molecule has 1 heterocycles. The second kappa shape index (κ2) is 6.57. The third kappa shape index (κ3) is 3.25. The van der Waals surface area contributed by atoms with Gasteiger partial charge < -0.3 is 4.74 Å². The van der Waals surface area contributed by atoms with Gasteiger partial charge in [0.05, 0.1) is 28.5 Å². The maximum absolute atomic E-state index is 11.6. The predicted octanol–water partition coefficient (Wildman–Crippen LogP) is 2.98. The number of carbonyl (C=O) groups excluding carboxylic acids is 1. The third-order valence-corrected chi connectivity index (χ3v) is 3.24. The highest BCUT2D eigenvalue weighted by molar-refractivity contribution is 6.33. The number of carbonyl (C=O) groups is 1. The van der Waals surface area contributed by atoms with Crippen molar-refractivity contribution in [1.82, 2.24) is 9.78 Å². The van der Waals surface area contributed by atoms with Gasteiger partial charge in [0.15, 0.2) is 0 Å². The lowest BCUT2D eigenvalue weighted by atomic mass is 10.1. The Morgan fingerprint density at radius 2 is 2.23 bits per heavy atom. The van der Waals surface area contributed by atoms with Crippen molar-refractivity contribution in [2.75, 3.05) is 6.61 Å². The van der Waals surface area contributed by atoms with Crippen molar-refractivity contribution in [2.24, 2.45) is 0 Å². The summed E-state index contributed by atoms with van der Waals surface area (Å²) < 4.78 is 6.27. The molecule has 0 aliphatic carbocycles. The zero-order chi connectivity index (χ0) is 16.3. The van der Waals surface area contributed by atoms with Crippen molar-refractivity contribution in [3.63, 3.8) is 0 Å². The summed E-state index contributed by atoms with van der Waals surface area (Å²) in [7, 11) is 0. The maximum atomic E-state index is 11.6. The molecule has 0 saturated carbocycles. The van der Waals surface area contributed by atoms with Crippen LogP contribution >= 0.6 is 11.6 Å². The van der Waals surface area contributed by atoms with Crippen LogP contribution in [0.5, 0.6) is 0 Å². The van der Waals surface area contributed by atoms with Gasteiger partial charge in [0, 0.05) is 0 Å². The molecule has 0 fully saturated rings. The van der Waals surface area contributed by atoms with Gasteiger partial charge in [0.25, 0.3) is 5.69 Å². The maximum Gasteiger partial charge on any atom is 0.327 e. The molecule has 0 aliphatic heterocycles. The van der Waals surface area contributed by atoms with Crippen molar-refractivity contribution >= 4 is 23.3 Å². The first-order chi connectivity index (χ1) is 10.4. The highest BCUT2D eigenvalue weighted by Crippen LogP contribution is 2.35. The van der Waals surface area contributed by atoms with Crippen LogP contribution in [0.4, 0.5) is 5.69 Å². The standard InChI is InChI=1S/C14H14ClN3O4/c1-3-22-13(19)8-17-12(7-9(2)16-17)10-5-4-6-11(15)14(10)18(20)21/h4-7H,3,8H2,1-2H3. The monoisotopic (exact) mass is 323 g/mol. The summed E-state index contributed by atoms with van der Waals surface area (Å²) in [5, 5.41) is 15.5. The predicted molar refractivity (Wildman–Crippen MR) is 80.7 cm³/mol. The van der Waals surface area contributed by atoms with Gasteiger partial charge in [-0.25, -0.2) is 0 Å². The second-order valence-electron chi connectivity index (χ2n) is 4.53. The third-order valence-electron chi connectivity index (χ3n) is 2.93. The molecule has 0 bridgehead atoms. The fourth-order valence-electron chi connectivity index (χ4n) is 2.12. The Bertz CT molecular complexity index is 727. The molecule has 0 atom stereocenters. The van der Waals surface area contributed by atoms with E-state index in [1.54, 1.807) is 32.0 Å². The average Bonchev–Trinajstić information content (AvgIpc) is 2.78. The molecule has 0 radical (unpaired) electrons. The van der Waals surface area contributed by atoms with Crippen LogP contribution in [0, 0.1) is 17.0 Å². The molecule has 8 heteroatoms. The minimum atomic E-state index is -0.547. The Morgan fingerprint density at radius 3 is 2.86 bits per heavy atom. The Kier molecular flexibility index (Phi) is 4.77. The van der Waals surface area contributed by atoms with E-state index in [9.17, 15) is 14.9 Å². The smallest absolute Gasteiger partial charge is 0.327 e. The summed E-state index contributed by atoms with van der Waals surface area (Å²) in [5.74, 6) is -0.462. The van der Waals surface area contributed by atoms with E-state index in [4.69, 9.17) is 16.3 Å². The number of aromatic nitrogens is 2. The number of rotatable bonds is 5. The van der Waals surface area contributed by atoms with Crippen molar-refractivity contribution in [1.29, 1.82) is 0 Å². The Hall–Kier alpha value is -2.41. The van der Waals surface area contributed by atoms with E-state index in [2.05, 4.69) is 5.10 Å². The summed E-state index contributed by atoms with van der Waals surface area (Å²) >= 11 is 5.93. The molecule has 0 amide bonds. The van der Waals surface area contributed by atoms with Gasteiger partial charge in [-0.15, -0.1) is 0 Å². The summed E-state index contributed by atoms with van der Waals surface area (Å²) in [6.07, 6.45) is 0. The van der Waals surface area contributed by atoms with Crippen LogP contribution < -0.4 is 0 Å². The van der Waals surface area contributed by atoms with E-state index < -0.39 is 10.9 Å². The fraction of sp³-hybridized carbons (Fsp3) is 0.286. The molecular weight excluding hydrogens is 310 g/mol.